The van der Waals surface area contributed by atoms with Crippen molar-refractivity contribution in [2.24, 2.45) is 0 Å². The fraction of sp³-hybridized carbons (Fsp3) is 0.143. The normalized spacial score (nSPS) is 13.9. The van der Waals surface area contributed by atoms with E-state index in [-0.39, 0.29) is 0 Å². The van der Waals surface area contributed by atoms with Gasteiger partial charge in [0.15, 0.2) is 0 Å². The van der Waals surface area contributed by atoms with Crippen molar-refractivity contribution >= 4 is 26.7 Å². The first-order chi connectivity index (χ1) is 11.8. The molecule has 0 aliphatic carbocycles. The average molecular weight is 379 g/mol. The predicted molar refractivity (Wildman–Crippen MR) is 103 cm³/mol. The summed E-state index contributed by atoms with van der Waals surface area (Å²) < 4.78 is 1.13. The molecule has 3 aromatic carbocycles. The van der Waals surface area contributed by atoms with Gasteiger partial charge in [0.25, 0.3) is 0 Å². The van der Waals surface area contributed by atoms with Gasteiger partial charge in [0.05, 0.1) is 6.67 Å². The number of rotatable bonds is 4. The second-order valence-electron chi connectivity index (χ2n) is 6.24. The molecule has 24 heavy (non-hydrogen) atoms. The third kappa shape index (κ3) is 3.46. The summed E-state index contributed by atoms with van der Waals surface area (Å²) >= 11 is 3.49. The maximum Gasteiger partial charge on any atom is 0.0900 e. The number of hydrogen-bond acceptors (Lipinski definition) is 2. The molecule has 1 aliphatic rings. The maximum absolute atomic E-state index is 3.49. The Labute approximate surface area is 151 Å². The Bertz CT molecular complexity index is 870. The Hall–Kier alpha value is -2.26. The molecule has 2 nitrogen and oxygen atoms in total. The zero-order chi connectivity index (χ0) is 16.4. The first kappa shape index (κ1) is 15.3. The zero-order valence-electron chi connectivity index (χ0n) is 13.4. The molecule has 0 aromatic heterocycles. The first-order valence-electron chi connectivity index (χ1n) is 8.15. The van der Waals surface area contributed by atoms with Gasteiger partial charge in [-0.2, -0.15) is 0 Å². The van der Waals surface area contributed by atoms with Gasteiger partial charge in [0.1, 0.15) is 0 Å². The highest BCUT2D eigenvalue weighted by atomic mass is 79.9. The summed E-state index contributed by atoms with van der Waals surface area (Å²) in [5.41, 5.74) is 2.68. The van der Waals surface area contributed by atoms with Gasteiger partial charge in [-0.1, -0.05) is 64.5 Å². The molecule has 1 heterocycles. The predicted octanol–water partition coefficient (Wildman–Crippen LogP) is 5.35. The summed E-state index contributed by atoms with van der Waals surface area (Å²) in [6, 6.07) is 23.8. The van der Waals surface area contributed by atoms with Crippen LogP contribution in [-0.4, -0.2) is 16.5 Å². The third-order valence-corrected chi connectivity index (χ3v) is 4.88. The minimum absolute atomic E-state index is 0.933. The lowest BCUT2D eigenvalue weighted by Crippen LogP contribution is -2.24. The fourth-order valence-corrected chi connectivity index (χ4v) is 3.38. The molecule has 0 N–H and O–H groups in total. The highest BCUT2D eigenvalue weighted by Crippen LogP contribution is 2.20. The SMILES string of the molecule is Brc1ccc(CN2C=CN(Cc3ccc4ccccc4c3)C2)cc1. The Morgan fingerprint density at radius 2 is 1.33 bits per heavy atom. The highest BCUT2D eigenvalue weighted by molar-refractivity contribution is 9.10. The van der Waals surface area contributed by atoms with Crippen molar-refractivity contribution in [3.05, 3.63) is 94.7 Å². The standard InChI is InChI=1S/C21H19BrN2/c22-21-9-6-17(7-10-21)14-23-11-12-24(16-23)15-18-5-8-19-3-1-2-4-20(19)13-18/h1-13H,14-16H2. The molecular weight excluding hydrogens is 360 g/mol. The van der Waals surface area contributed by atoms with Crippen molar-refractivity contribution in [1.29, 1.82) is 0 Å². The van der Waals surface area contributed by atoms with E-state index in [0.717, 1.165) is 24.2 Å². The Morgan fingerprint density at radius 1 is 0.708 bits per heavy atom. The number of benzene rings is 3. The van der Waals surface area contributed by atoms with Gasteiger partial charge in [-0.3, -0.25) is 0 Å². The van der Waals surface area contributed by atoms with Crippen molar-refractivity contribution in [2.75, 3.05) is 6.67 Å². The van der Waals surface area contributed by atoms with Gasteiger partial charge < -0.3 is 9.80 Å². The van der Waals surface area contributed by atoms with E-state index in [1.165, 1.54) is 21.9 Å². The minimum atomic E-state index is 0.933. The van der Waals surface area contributed by atoms with E-state index in [1.54, 1.807) is 0 Å². The second-order valence-corrected chi connectivity index (χ2v) is 7.16. The van der Waals surface area contributed by atoms with E-state index in [4.69, 9.17) is 0 Å². The summed E-state index contributed by atoms with van der Waals surface area (Å²) in [4.78, 5) is 4.69. The minimum Gasteiger partial charge on any atom is -0.354 e. The molecule has 3 heteroatoms. The van der Waals surface area contributed by atoms with Gasteiger partial charge in [0.2, 0.25) is 0 Å². The Balaban J connectivity index is 1.39. The molecular formula is C21H19BrN2. The van der Waals surface area contributed by atoms with Crippen molar-refractivity contribution in [2.45, 2.75) is 13.1 Å². The molecule has 0 fully saturated rings. The molecule has 3 aromatic rings. The van der Waals surface area contributed by atoms with Crippen LogP contribution in [0.25, 0.3) is 10.8 Å². The van der Waals surface area contributed by atoms with Crippen LogP contribution in [0, 0.1) is 0 Å². The van der Waals surface area contributed by atoms with Gasteiger partial charge in [-0.25, -0.2) is 0 Å². The van der Waals surface area contributed by atoms with Crippen LogP contribution in [0.3, 0.4) is 0 Å². The lowest BCUT2D eigenvalue weighted by molar-refractivity contribution is 0.255. The molecule has 0 amide bonds. The van der Waals surface area contributed by atoms with Crippen molar-refractivity contribution in [1.82, 2.24) is 9.80 Å². The first-order valence-corrected chi connectivity index (χ1v) is 8.94. The molecule has 0 bridgehead atoms. The van der Waals surface area contributed by atoms with E-state index in [1.807, 2.05) is 0 Å². The van der Waals surface area contributed by atoms with Gasteiger partial charge >= 0.3 is 0 Å². The largest absolute Gasteiger partial charge is 0.354 e. The summed E-state index contributed by atoms with van der Waals surface area (Å²) in [5, 5.41) is 2.61. The number of fused-ring (bicyclic) bond motifs is 1. The smallest absolute Gasteiger partial charge is 0.0900 e. The Kier molecular flexibility index (Phi) is 4.26. The monoisotopic (exact) mass is 378 g/mol. The highest BCUT2D eigenvalue weighted by Gasteiger charge is 2.13. The van der Waals surface area contributed by atoms with Crippen LogP contribution in [0.5, 0.6) is 0 Å². The number of nitrogens with zero attached hydrogens (tertiary/aromatic N) is 2. The van der Waals surface area contributed by atoms with Gasteiger partial charge in [0, 0.05) is 30.0 Å². The molecule has 0 unspecified atom stereocenters. The van der Waals surface area contributed by atoms with E-state index >= 15 is 0 Å². The molecule has 1 aliphatic heterocycles. The molecule has 120 valence electrons. The van der Waals surface area contributed by atoms with Crippen LogP contribution in [-0.2, 0) is 13.1 Å². The van der Waals surface area contributed by atoms with Crippen molar-refractivity contribution in [3.8, 4) is 0 Å². The van der Waals surface area contributed by atoms with Gasteiger partial charge in [-0.05, 0) is 40.1 Å². The van der Waals surface area contributed by atoms with E-state index in [2.05, 4.69) is 105 Å². The van der Waals surface area contributed by atoms with Crippen LogP contribution in [0.15, 0.2) is 83.6 Å². The summed E-state index contributed by atoms with van der Waals surface area (Å²) in [6.07, 6.45) is 4.37. The van der Waals surface area contributed by atoms with Crippen LogP contribution in [0.4, 0.5) is 0 Å². The number of halogens is 1. The average Bonchev–Trinajstić information content (AvgIpc) is 3.04. The summed E-state index contributed by atoms with van der Waals surface area (Å²) in [7, 11) is 0. The molecule has 0 spiro atoms. The molecule has 0 saturated heterocycles. The second kappa shape index (κ2) is 6.70. The van der Waals surface area contributed by atoms with Crippen molar-refractivity contribution in [3.63, 3.8) is 0 Å². The molecule has 0 atom stereocenters. The maximum atomic E-state index is 3.49. The van der Waals surface area contributed by atoms with Crippen LogP contribution in [0.2, 0.25) is 0 Å². The van der Waals surface area contributed by atoms with Crippen LogP contribution < -0.4 is 0 Å². The van der Waals surface area contributed by atoms with E-state index < -0.39 is 0 Å². The lowest BCUT2D eigenvalue weighted by atomic mass is 10.1. The fourth-order valence-electron chi connectivity index (χ4n) is 3.12. The zero-order valence-corrected chi connectivity index (χ0v) is 15.0. The summed E-state index contributed by atoms with van der Waals surface area (Å²) in [5.74, 6) is 0. The third-order valence-electron chi connectivity index (χ3n) is 4.35. The molecule has 0 radical (unpaired) electrons. The van der Waals surface area contributed by atoms with Gasteiger partial charge in [-0.15, -0.1) is 0 Å². The Morgan fingerprint density at radius 3 is 2.08 bits per heavy atom. The summed E-state index contributed by atoms with van der Waals surface area (Å²) in [6.45, 7) is 2.82. The molecule has 4 rings (SSSR count). The molecule has 0 saturated carbocycles. The van der Waals surface area contributed by atoms with E-state index in [9.17, 15) is 0 Å². The van der Waals surface area contributed by atoms with Crippen LogP contribution >= 0.6 is 15.9 Å². The van der Waals surface area contributed by atoms with Crippen molar-refractivity contribution < 1.29 is 0 Å². The number of hydrogen-bond donors (Lipinski definition) is 0. The quantitative estimate of drug-likeness (QED) is 0.603. The van der Waals surface area contributed by atoms with Crippen LogP contribution in [0.1, 0.15) is 11.1 Å². The lowest BCUT2D eigenvalue weighted by Gasteiger charge is -2.21. The topological polar surface area (TPSA) is 6.48 Å². The van der Waals surface area contributed by atoms with E-state index in [0.29, 0.717) is 0 Å².